The lowest BCUT2D eigenvalue weighted by molar-refractivity contribution is -0.141. The zero-order valence-corrected chi connectivity index (χ0v) is 13.6. The van der Waals surface area contributed by atoms with E-state index in [2.05, 4.69) is 15.3 Å². The molecule has 1 aromatic rings. The molecule has 24 heavy (non-hydrogen) atoms. The molecule has 1 saturated carbocycles. The van der Waals surface area contributed by atoms with Crippen molar-refractivity contribution in [1.82, 2.24) is 15.3 Å². The Kier molecular flexibility index (Phi) is 5.24. The summed E-state index contributed by atoms with van der Waals surface area (Å²) in [7, 11) is 0. The van der Waals surface area contributed by atoms with Crippen LogP contribution in [0.1, 0.15) is 44.2 Å². The minimum Gasteiger partial charge on any atom is -0.354 e. The minimum absolute atomic E-state index is 0.194. The summed E-state index contributed by atoms with van der Waals surface area (Å²) < 4.78 is 37.7. The predicted molar refractivity (Wildman–Crippen MR) is 85.6 cm³/mol. The van der Waals surface area contributed by atoms with Gasteiger partial charge in [-0.2, -0.15) is 13.2 Å². The molecule has 0 radical (unpaired) electrons. The monoisotopic (exact) mass is 343 g/mol. The van der Waals surface area contributed by atoms with Gasteiger partial charge >= 0.3 is 6.18 Å². The molecular weight excluding hydrogens is 319 g/mol. The molecule has 1 aliphatic heterocycles. The molecule has 1 saturated heterocycles. The van der Waals surface area contributed by atoms with Crippen LogP contribution < -0.4 is 16.0 Å². The van der Waals surface area contributed by atoms with E-state index in [-0.39, 0.29) is 12.1 Å². The summed E-state index contributed by atoms with van der Waals surface area (Å²) >= 11 is 0. The maximum absolute atomic E-state index is 12.6. The number of nitrogens with one attached hydrogen (secondary N) is 1. The van der Waals surface area contributed by atoms with Gasteiger partial charge in [0, 0.05) is 31.2 Å². The van der Waals surface area contributed by atoms with Gasteiger partial charge in [0.05, 0.1) is 12.4 Å². The number of alkyl halides is 3. The Labute approximate surface area is 139 Å². The van der Waals surface area contributed by atoms with Crippen LogP contribution >= 0.6 is 0 Å². The normalized spacial score (nSPS) is 28.8. The van der Waals surface area contributed by atoms with Gasteiger partial charge in [0.15, 0.2) is 5.69 Å². The van der Waals surface area contributed by atoms with Gasteiger partial charge in [-0.3, -0.25) is 0 Å². The Morgan fingerprint density at radius 1 is 1.08 bits per heavy atom. The molecule has 1 unspecified atom stereocenters. The van der Waals surface area contributed by atoms with Gasteiger partial charge < -0.3 is 16.0 Å². The van der Waals surface area contributed by atoms with Crippen molar-refractivity contribution in [3.05, 3.63) is 18.1 Å². The average molecular weight is 343 g/mol. The molecule has 5 nitrogen and oxygen atoms in total. The zero-order chi connectivity index (χ0) is 17.2. The first-order chi connectivity index (χ1) is 11.4. The molecule has 3 atom stereocenters. The SMILES string of the molecule is N[C@@H]1CCCC[C@H]1NC1CCCN(c2cnc(C(F)(F)F)cn2)C1. The first kappa shape index (κ1) is 17.4. The van der Waals surface area contributed by atoms with Crippen molar-refractivity contribution in [3.63, 3.8) is 0 Å². The number of aromatic nitrogens is 2. The van der Waals surface area contributed by atoms with Crippen LogP contribution in [0.15, 0.2) is 12.4 Å². The van der Waals surface area contributed by atoms with Gasteiger partial charge in [-0.05, 0) is 25.7 Å². The van der Waals surface area contributed by atoms with E-state index < -0.39 is 11.9 Å². The molecule has 3 rings (SSSR count). The minimum atomic E-state index is -4.45. The second-order valence-electron chi connectivity index (χ2n) is 6.76. The van der Waals surface area contributed by atoms with Gasteiger partial charge in [-0.25, -0.2) is 9.97 Å². The number of hydrogen-bond donors (Lipinski definition) is 2. The van der Waals surface area contributed by atoms with Crippen LogP contribution in [-0.4, -0.2) is 41.2 Å². The molecule has 8 heteroatoms. The molecule has 0 bridgehead atoms. The number of rotatable bonds is 3. The van der Waals surface area contributed by atoms with Crippen molar-refractivity contribution in [2.45, 2.75) is 62.8 Å². The van der Waals surface area contributed by atoms with Crippen LogP contribution in [0, 0.1) is 0 Å². The van der Waals surface area contributed by atoms with Crippen molar-refractivity contribution in [1.29, 1.82) is 0 Å². The molecule has 0 amide bonds. The van der Waals surface area contributed by atoms with Crippen molar-refractivity contribution in [2.24, 2.45) is 5.73 Å². The fourth-order valence-electron chi connectivity index (χ4n) is 3.62. The van der Waals surface area contributed by atoms with Crippen LogP contribution in [0.4, 0.5) is 19.0 Å². The Balaban J connectivity index is 1.60. The fraction of sp³-hybridized carbons (Fsp3) is 0.750. The van der Waals surface area contributed by atoms with E-state index in [1.54, 1.807) is 0 Å². The van der Waals surface area contributed by atoms with Crippen LogP contribution in [-0.2, 0) is 6.18 Å². The van der Waals surface area contributed by atoms with Gasteiger partial charge in [0.25, 0.3) is 0 Å². The third-order valence-electron chi connectivity index (χ3n) is 4.94. The summed E-state index contributed by atoms with van der Waals surface area (Å²) in [5.41, 5.74) is 5.24. The summed E-state index contributed by atoms with van der Waals surface area (Å²) in [6.07, 6.45) is 4.14. The van der Waals surface area contributed by atoms with Crippen LogP contribution in [0.2, 0.25) is 0 Å². The molecule has 0 spiro atoms. The molecule has 1 aliphatic carbocycles. The van der Waals surface area contributed by atoms with E-state index in [9.17, 15) is 13.2 Å². The third kappa shape index (κ3) is 4.16. The summed E-state index contributed by atoms with van der Waals surface area (Å²) in [5.74, 6) is 0.502. The lowest BCUT2D eigenvalue weighted by Gasteiger charge is -2.38. The predicted octanol–water partition coefficient (Wildman–Crippen LogP) is 2.32. The van der Waals surface area contributed by atoms with E-state index in [0.29, 0.717) is 11.9 Å². The Morgan fingerprint density at radius 2 is 1.88 bits per heavy atom. The third-order valence-corrected chi connectivity index (χ3v) is 4.94. The van der Waals surface area contributed by atoms with Gasteiger partial charge in [0.1, 0.15) is 5.82 Å². The number of anilines is 1. The Morgan fingerprint density at radius 3 is 2.54 bits per heavy atom. The van der Waals surface area contributed by atoms with E-state index in [0.717, 1.165) is 45.0 Å². The smallest absolute Gasteiger partial charge is 0.354 e. The molecule has 1 aromatic heterocycles. The van der Waals surface area contributed by atoms with Crippen molar-refractivity contribution >= 4 is 5.82 Å². The highest BCUT2D eigenvalue weighted by molar-refractivity contribution is 5.37. The van der Waals surface area contributed by atoms with Gasteiger partial charge in [-0.15, -0.1) is 0 Å². The molecule has 134 valence electrons. The zero-order valence-electron chi connectivity index (χ0n) is 13.6. The van der Waals surface area contributed by atoms with E-state index in [4.69, 9.17) is 5.73 Å². The molecule has 2 fully saturated rings. The molecule has 0 aromatic carbocycles. The maximum Gasteiger partial charge on any atom is 0.434 e. The van der Waals surface area contributed by atoms with E-state index in [1.165, 1.54) is 19.0 Å². The maximum atomic E-state index is 12.6. The number of hydrogen-bond acceptors (Lipinski definition) is 5. The number of halogens is 3. The Bertz CT molecular complexity index is 534. The van der Waals surface area contributed by atoms with Crippen LogP contribution in [0.3, 0.4) is 0 Å². The van der Waals surface area contributed by atoms with E-state index in [1.807, 2.05) is 4.90 Å². The summed E-state index contributed by atoms with van der Waals surface area (Å²) in [6.45, 7) is 1.51. The fourth-order valence-corrected chi connectivity index (χ4v) is 3.62. The first-order valence-electron chi connectivity index (χ1n) is 8.59. The van der Waals surface area contributed by atoms with Crippen LogP contribution in [0.25, 0.3) is 0 Å². The highest BCUT2D eigenvalue weighted by atomic mass is 19.4. The van der Waals surface area contributed by atoms with Gasteiger partial charge in [0.2, 0.25) is 0 Å². The quantitative estimate of drug-likeness (QED) is 0.882. The number of nitrogens with zero attached hydrogens (tertiary/aromatic N) is 3. The Hall–Kier alpha value is -1.41. The summed E-state index contributed by atoms with van der Waals surface area (Å²) in [5, 5.41) is 3.65. The molecule has 2 heterocycles. The lowest BCUT2D eigenvalue weighted by atomic mass is 9.90. The van der Waals surface area contributed by atoms with Crippen molar-refractivity contribution in [2.75, 3.05) is 18.0 Å². The highest BCUT2D eigenvalue weighted by Crippen LogP contribution is 2.28. The first-order valence-corrected chi connectivity index (χ1v) is 8.59. The van der Waals surface area contributed by atoms with Crippen LogP contribution in [0.5, 0.6) is 0 Å². The van der Waals surface area contributed by atoms with Gasteiger partial charge in [-0.1, -0.05) is 12.8 Å². The summed E-state index contributed by atoms with van der Waals surface area (Å²) in [6, 6.07) is 0.819. The molecular formula is C16H24F3N5. The largest absolute Gasteiger partial charge is 0.434 e. The highest BCUT2D eigenvalue weighted by Gasteiger charge is 2.33. The number of nitrogens with two attached hydrogens (primary N) is 1. The number of piperidine rings is 1. The lowest BCUT2D eigenvalue weighted by Crippen LogP contribution is -2.55. The second-order valence-corrected chi connectivity index (χ2v) is 6.76. The molecule has 2 aliphatic rings. The average Bonchev–Trinajstić information content (AvgIpc) is 2.57. The van der Waals surface area contributed by atoms with E-state index >= 15 is 0 Å². The molecule has 3 N–H and O–H groups in total. The van der Waals surface area contributed by atoms with Crippen molar-refractivity contribution < 1.29 is 13.2 Å². The standard InChI is InChI=1S/C16H24F3N5/c17-16(18,19)14-8-22-15(9-21-14)24-7-3-4-11(10-24)23-13-6-2-1-5-12(13)20/h8-9,11-13,23H,1-7,10,20H2/t11?,12-,13-/m1/s1. The topological polar surface area (TPSA) is 67.1 Å². The van der Waals surface area contributed by atoms with Crippen molar-refractivity contribution in [3.8, 4) is 0 Å². The second kappa shape index (κ2) is 7.23. The summed E-state index contributed by atoms with van der Waals surface area (Å²) in [4.78, 5) is 9.47.